The highest BCUT2D eigenvalue weighted by Gasteiger charge is 2.14. The third-order valence-corrected chi connectivity index (χ3v) is 4.19. The molecule has 1 amide bonds. The number of hydrogen-bond acceptors (Lipinski definition) is 3. The van der Waals surface area contributed by atoms with Crippen LogP contribution in [0.25, 0.3) is 0 Å². The first-order valence-electron chi connectivity index (χ1n) is 8.47. The number of rotatable bonds is 7. The standard InChI is InChI=1S/C18H26FNO3/c19-15-7-5-6-14(12-15)17(21)13-18(22)20-10-11-23-16-8-3-1-2-4-9-16/h5-7,12,16-17,21H,1-4,8-11,13H2,(H,20,22). The molecule has 0 saturated heterocycles. The maximum absolute atomic E-state index is 13.1. The van der Waals surface area contributed by atoms with Crippen molar-refractivity contribution in [2.45, 2.75) is 57.2 Å². The van der Waals surface area contributed by atoms with Crippen molar-refractivity contribution in [1.82, 2.24) is 5.32 Å². The van der Waals surface area contributed by atoms with Gasteiger partial charge in [0.2, 0.25) is 5.91 Å². The molecule has 4 nitrogen and oxygen atoms in total. The summed E-state index contributed by atoms with van der Waals surface area (Å²) in [6, 6.07) is 5.68. The number of nitrogens with one attached hydrogen (secondary N) is 1. The minimum Gasteiger partial charge on any atom is -0.388 e. The van der Waals surface area contributed by atoms with Gasteiger partial charge in [-0.15, -0.1) is 0 Å². The SMILES string of the molecule is O=C(CC(O)c1cccc(F)c1)NCCOC1CCCCCC1. The van der Waals surface area contributed by atoms with Crippen molar-refractivity contribution in [3.05, 3.63) is 35.6 Å². The molecule has 0 aromatic heterocycles. The van der Waals surface area contributed by atoms with Crippen molar-refractivity contribution in [3.8, 4) is 0 Å². The van der Waals surface area contributed by atoms with E-state index in [-0.39, 0.29) is 12.3 Å². The van der Waals surface area contributed by atoms with E-state index in [1.807, 2.05) is 0 Å². The minimum atomic E-state index is -0.992. The Kier molecular flexibility index (Phi) is 7.49. The molecule has 2 rings (SSSR count). The van der Waals surface area contributed by atoms with Gasteiger partial charge < -0.3 is 15.2 Å². The number of hydrogen-bond donors (Lipinski definition) is 2. The third kappa shape index (κ3) is 6.67. The Morgan fingerprint density at radius 2 is 2.04 bits per heavy atom. The molecule has 0 radical (unpaired) electrons. The van der Waals surface area contributed by atoms with Crippen LogP contribution in [0.2, 0.25) is 0 Å². The molecule has 5 heteroatoms. The van der Waals surface area contributed by atoms with Crippen molar-refractivity contribution in [2.75, 3.05) is 13.2 Å². The van der Waals surface area contributed by atoms with E-state index in [0.29, 0.717) is 24.8 Å². The third-order valence-electron chi connectivity index (χ3n) is 4.19. The van der Waals surface area contributed by atoms with E-state index in [0.717, 1.165) is 12.8 Å². The molecular formula is C18H26FNO3. The molecule has 1 aliphatic carbocycles. The van der Waals surface area contributed by atoms with E-state index in [9.17, 15) is 14.3 Å². The first kappa shape index (κ1) is 17.9. The van der Waals surface area contributed by atoms with Crippen LogP contribution in [0.3, 0.4) is 0 Å². The van der Waals surface area contributed by atoms with E-state index >= 15 is 0 Å². The van der Waals surface area contributed by atoms with Gasteiger partial charge in [0.1, 0.15) is 5.82 Å². The number of aliphatic hydroxyl groups excluding tert-OH is 1. The van der Waals surface area contributed by atoms with Crippen LogP contribution in [0, 0.1) is 5.82 Å². The largest absolute Gasteiger partial charge is 0.388 e. The molecule has 0 spiro atoms. The zero-order chi connectivity index (χ0) is 16.5. The Morgan fingerprint density at radius 1 is 1.30 bits per heavy atom. The van der Waals surface area contributed by atoms with Crippen molar-refractivity contribution in [2.24, 2.45) is 0 Å². The molecule has 0 heterocycles. The summed E-state index contributed by atoms with van der Waals surface area (Å²) < 4.78 is 18.9. The summed E-state index contributed by atoms with van der Waals surface area (Å²) in [4.78, 5) is 11.8. The van der Waals surface area contributed by atoms with Gasteiger partial charge in [-0.3, -0.25) is 4.79 Å². The van der Waals surface area contributed by atoms with Crippen LogP contribution in [0.1, 0.15) is 56.6 Å². The molecule has 1 aromatic carbocycles. The summed E-state index contributed by atoms with van der Waals surface area (Å²) in [5.41, 5.74) is 0.412. The second-order valence-electron chi connectivity index (χ2n) is 6.11. The first-order valence-corrected chi connectivity index (χ1v) is 8.47. The molecule has 0 bridgehead atoms. The first-order chi connectivity index (χ1) is 11.1. The zero-order valence-electron chi connectivity index (χ0n) is 13.5. The number of halogens is 1. The summed E-state index contributed by atoms with van der Waals surface area (Å²) >= 11 is 0. The maximum atomic E-state index is 13.1. The second-order valence-corrected chi connectivity index (χ2v) is 6.11. The molecule has 0 aliphatic heterocycles. The van der Waals surface area contributed by atoms with Crippen molar-refractivity contribution in [1.29, 1.82) is 0 Å². The average molecular weight is 323 g/mol. The van der Waals surface area contributed by atoms with Crippen molar-refractivity contribution in [3.63, 3.8) is 0 Å². The van der Waals surface area contributed by atoms with Gasteiger partial charge >= 0.3 is 0 Å². The number of benzene rings is 1. The molecule has 1 aromatic rings. The molecule has 1 fully saturated rings. The van der Waals surface area contributed by atoms with Gasteiger partial charge in [0.25, 0.3) is 0 Å². The summed E-state index contributed by atoms with van der Waals surface area (Å²) in [5.74, 6) is -0.676. The zero-order valence-corrected chi connectivity index (χ0v) is 13.5. The van der Waals surface area contributed by atoms with Gasteiger partial charge in [0.05, 0.1) is 25.2 Å². The summed E-state index contributed by atoms with van der Waals surface area (Å²) in [6.45, 7) is 0.928. The highest BCUT2D eigenvalue weighted by atomic mass is 19.1. The molecule has 1 atom stereocenters. The van der Waals surface area contributed by atoms with Crippen LogP contribution in [0.15, 0.2) is 24.3 Å². The highest BCUT2D eigenvalue weighted by Crippen LogP contribution is 2.19. The Balaban J connectivity index is 1.62. The number of aliphatic hydroxyl groups is 1. The molecule has 2 N–H and O–H groups in total. The Bertz CT molecular complexity index is 487. The fourth-order valence-corrected chi connectivity index (χ4v) is 2.90. The average Bonchev–Trinajstić information content (AvgIpc) is 2.80. The number of ether oxygens (including phenoxy) is 1. The lowest BCUT2D eigenvalue weighted by Gasteiger charge is -2.16. The molecule has 23 heavy (non-hydrogen) atoms. The fraction of sp³-hybridized carbons (Fsp3) is 0.611. The monoisotopic (exact) mass is 323 g/mol. The van der Waals surface area contributed by atoms with E-state index in [2.05, 4.69) is 5.32 Å². The highest BCUT2D eigenvalue weighted by molar-refractivity contribution is 5.76. The molecule has 128 valence electrons. The Hall–Kier alpha value is -1.46. The molecular weight excluding hydrogens is 297 g/mol. The number of carbonyl (C=O) groups excluding carboxylic acids is 1. The van der Waals surface area contributed by atoms with E-state index in [1.165, 1.54) is 43.9 Å². The molecule has 1 aliphatic rings. The van der Waals surface area contributed by atoms with Crippen LogP contribution in [0.4, 0.5) is 4.39 Å². The van der Waals surface area contributed by atoms with Gasteiger partial charge in [0, 0.05) is 6.54 Å². The van der Waals surface area contributed by atoms with Crippen LogP contribution in [0.5, 0.6) is 0 Å². The number of amides is 1. The van der Waals surface area contributed by atoms with Gasteiger partial charge in [-0.25, -0.2) is 4.39 Å². The summed E-state index contributed by atoms with van der Waals surface area (Å²) in [7, 11) is 0. The predicted octanol–water partition coefficient (Wildman–Crippen LogP) is 3.10. The lowest BCUT2D eigenvalue weighted by Crippen LogP contribution is -2.29. The maximum Gasteiger partial charge on any atom is 0.223 e. The normalized spacial score (nSPS) is 17.5. The minimum absolute atomic E-state index is 0.0765. The van der Waals surface area contributed by atoms with Gasteiger partial charge in [-0.05, 0) is 30.5 Å². The van der Waals surface area contributed by atoms with Crippen LogP contribution in [-0.4, -0.2) is 30.3 Å². The van der Waals surface area contributed by atoms with E-state index < -0.39 is 11.9 Å². The fourth-order valence-electron chi connectivity index (χ4n) is 2.90. The Labute approximate surface area is 137 Å². The predicted molar refractivity (Wildman–Crippen MR) is 86.4 cm³/mol. The number of carbonyl (C=O) groups is 1. The van der Waals surface area contributed by atoms with Crippen molar-refractivity contribution < 1.29 is 19.0 Å². The lowest BCUT2D eigenvalue weighted by molar-refractivity contribution is -0.123. The van der Waals surface area contributed by atoms with E-state index in [1.54, 1.807) is 6.07 Å². The smallest absolute Gasteiger partial charge is 0.223 e. The topological polar surface area (TPSA) is 58.6 Å². The summed E-state index contributed by atoms with van der Waals surface area (Å²) in [6.07, 6.45) is 6.46. The molecule has 1 unspecified atom stereocenters. The van der Waals surface area contributed by atoms with E-state index in [4.69, 9.17) is 4.74 Å². The second kappa shape index (κ2) is 9.63. The van der Waals surface area contributed by atoms with Gasteiger partial charge in [-0.2, -0.15) is 0 Å². The van der Waals surface area contributed by atoms with Gasteiger partial charge in [-0.1, -0.05) is 37.8 Å². The molecule has 1 saturated carbocycles. The van der Waals surface area contributed by atoms with Gasteiger partial charge in [0.15, 0.2) is 0 Å². The lowest BCUT2D eigenvalue weighted by atomic mass is 10.1. The quantitative estimate of drug-likeness (QED) is 0.599. The summed E-state index contributed by atoms with van der Waals surface area (Å²) in [5, 5.41) is 12.7. The van der Waals surface area contributed by atoms with Crippen LogP contribution < -0.4 is 5.32 Å². The van der Waals surface area contributed by atoms with Crippen molar-refractivity contribution >= 4 is 5.91 Å². The van der Waals surface area contributed by atoms with Crippen LogP contribution in [-0.2, 0) is 9.53 Å². The Morgan fingerprint density at radius 3 is 2.74 bits per heavy atom. The van der Waals surface area contributed by atoms with Crippen LogP contribution >= 0.6 is 0 Å².